The van der Waals surface area contributed by atoms with E-state index < -0.39 is 5.97 Å². The van der Waals surface area contributed by atoms with Gasteiger partial charge in [0, 0.05) is 12.0 Å². The Morgan fingerprint density at radius 1 is 1.21 bits per heavy atom. The van der Waals surface area contributed by atoms with Crippen molar-refractivity contribution in [3.05, 3.63) is 40.1 Å². The fraction of sp³-hybridized carbons (Fsp3) is 0.333. The number of aromatic carboxylic acids is 1. The predicted molar refractivity (Wildman–Crippen MR) is 72.5 cm³/mol. The number of carboxylic acid groups (broad SMARTS) is 1. The van der Waals surface area contributed by atoms with Crippen LogP contribution in [0.15, 0.2) is 16.7 Å². The Hall–Kier alpha value is -2.10. The highest BCUT2D eigenvalue weighted by Gasteiger charge is 2.23. The fourth-order valence-electron chi connectivity index (χ4n) is 2.19. The smallest absolute Gasteiger partial charge is 0.341 e. The minimum atomic E-state index is -0.995. The molecule has 0 bridgehead atoms. The van der Waals surface area contributed by atoms with Crippen molar-refractivity contribution in [3.63, 3.8) is 0 Å². The van der Waals surface area contributed by atoms with Gasteiger partial charge >= 0.3 is 5.97 Å². The molecule has 0 aliphatic carbocycles. The molecule has 0 unspecified atom stereocenters. The summed E-state index contributed by atoms with van der Waals surface area (Å²) >= 11 is 0. The molecule has 0 spiro atoms. The van der Waals surface area contributed by atoms with Crippen molar-refractivity contribution in [2.75, 3.05) is 0 Å². The van der Waals surface area contributed by atoms with E-state index in [9.17, 15) is 9.90 Å². The summed E-state index contributed by atoms with van der Waals surface area (Å²) in [6, 6.07) is 4.00. The van der Waals surface area contributed by atoms with E-state index in [4.69, 9.17) is 4.52 Å². The van der Waals surface area contributed by atoms with E-state index >= 15 is 0 Å². The van der Waals surface area contributed by atoms with Crippen LogP contribution in [0.5, 0.6) is 0 Å². The zero-order valence-corrected chi connectivity index (χ0v) is 11.6. The first-order chi connectivity index (χ1) is 8.95. The first-order valence-corrected chi connectivity index (χ1v) is 6.25. The average Bonchev–Trinajstić information content (AvgIpc) is 2.77. The SMILES string of the molecule is CCc1onc(-c2cc(C)c(C)cc2C)c1C(=O)O. The van der Waals surface area contributed by atoms with E-state index in [-0.39, 0.29) is 5.56 Å². The summed E-state index contributed by atoms with van der Waals surface area (Å²) in [6.07, 6.45) is 0.512. The van der Waals surface area contributed by atoms with Gasteiger partial charge in [0.1, 0.15) is 11.3 Å². The quantitative estimate of drug-likeness (QED) is 0.915. The number of hydrogen-bond acceptors (Lipinski definition) is 3. The molecule has 0 saturated carbocycles. The summed E-state index contributed by atoms with van der Waals surface area (Å²) in [5.74, 6) is -0.578. The van der Waals surface area contributed by atoms with E-state index in [2.05, 4.69) is 5.16 Å². The minimum absolute atomic E-state index is 0.175. The molecular weight excluding hydrogens is 242 g/mol. The van der Waals surface area contributed by atoms with Gasteiger partial charge in [0.15, 0.2) is 5.76 Å². The van der Waals surface area contributed by atoms with Gasteiger partial charge in [0.2, 0.25) is 0 Å². The number of rotatable bonds is 3. The van der Waals surface area contributed by atoms with Crippen molar-refractivity contribution in [1.82, 2.24) is 5.16 Å². The number of hydrogen-bond donors (Lipinski definition) is 1. The van der Waals surface area contributed by atoms with Crippen LogP contribution < -0.4 is 0 Å². The molecule has 0 amide bonds. The van der Waals surface area contributed by atoms with Crippen LogP contribution in [0.2, 0.25) is 0 Å². The van der Waals surface area contributed by atoms with Crippen molar-refractivity contribution in [2.45, 2.75) is 34.1 Å². The summed E-state index contributed by atoms with van der Waals surface area (Å²) in [4.78, 5) is 11.4. The van der Waals surface area contributed by atoms with E-state index in [1.54, 1.807) is 0 Å². The zero-order chi connectivity index (χ0) is 14.2. The average molecular weight is 259 g/mol. The van der Waals surface area contributed by atoms with Crippen molar-refractivity contribution >= 4 is 5.97 Å². The molecule has 0 aliphatic heterocycles. The highest BCUT2D eigenvalue weighted by molar-refractivity contribution is 5.96. The van der Waals surface area contributed by atoms with Gasteiger partial charge < -0.3 is 9.63 Å². The number of aryl methyl sites for hydroxylation is 4. The van der Waals surface area contributed by atoms with Gasteiger partial charge in [-0.2, -0.15) is 0 Å². The molecule has 0 fully saturated rings. The lowest BCUT2D eigenvalue weighted by atomic mass is 9.96. The number of carbonyl (C=O) groups is 1. The van der Waals surface area contributed by atoms with Crippen molar-refractivity contribution in [3.8, 4) is 11.3 Å². The van der Waals surface area contributed by atoms with Crippen molar-refractivity contribution < 1.29 is 14.4 Å². The second kappa shape index (κ2) is 4.88. The topological polar surface area (TPSA) is 63.3 Å². The lowest BCUT2D eigenvalue weighted by Crippen LogP contribution is -2.02. The maximum Gasteiger partial charge on any atom is 0.341 e. The summed E-state index contributed by atoms with van der Waals surface area (Å²) in [6.45, 7) is 7.84. The molecule has 0 atom stereocenters. The summed E-state index contributed by atoms with van der Waals surface area (Å²) < 4.78 is 5.15. The summed E-state index contributed by atoms with van der Waals surface area (Å²) in [7, 11) is 0. The van der Waals surface area contributed by atoms with Gasteiger partial charge in [0.05, 0.1) is 0 Å². The lowest BCUT2D eigenvalue weighted by Gasteiger charge is -2.08. The highest BCUT2D eigenvalue weighted by atomic mass is 16.5. The summed E-state index contributed by atoms with van der Waals surface area (Å²) in [5, 5.41) is 13.3. The number of carboxylic acids is 1. The van der Waals surface area contributed by atoms with Gasteiger partial charge in [-0.1, -0.05) is 18.1 Å². The molecule has 0 radical (unpaired) electrons. The van der Waals surface area contributed by atoms with Crippen LogP contribution in [0.1, 0.15) is 39.7 Å². The van der Waals surface area contributed by atoms with E-state index in [0.717, 1.165) is 16.7 Å². The Kier molecular flexibility index (Phi) is 3.42. The first kappa shape index (κ1) is 13.3. The van der Waals surface area contributed by atoms with Crippen LogP contribution in [0.4, 0.5) is 0 Å². The van der Waals surface area contributed by atoms with Gasteiger partial charge in [-0.15, -0.1) is 0 Å². The highest BCUT2D eigenvalue weighted by Crippen LogP contribution is 2.30. The van der Waals surface area contributed by atoms with Crippen molar-refractivity contribution in [1.29, 1.82) is 0 Å². The van der Waals surface area contributed by atoms with Crippen LogP contribution in [-0.2, 0) is 6.42 Å². The Morgan fingerprint density at radius 3 is 2.42 bits per heavy atom. The van der Waals surface area contributed by atoms with Gasteiger partial charge in [-0.25, -0.2) is 4.79 Å². The molecule has 1 aromatic carbocycles. The molecule has 2 rings (SSSR count). The maximum atomic E-state index is 11.4. The number of benzene rings is 1. The summed E-state index contributed by atoms with van der Waals surface area (Å²) in [5.41, 5.74) is 4.71. The van der Waals surface area contributed by atoms with Gasteiger partial charge in [0.25, 0.3) is 0 Å². The molecule has 0 saturated heterocycles. The van der Waals surface area contributed by atoms with E-state index in [1.807, 2.05) is 39.8 Å². The second-order valence-electron chi connectivity index (χ2n) is 4.74. The molecule has 4 nitrogen and oxygen atoms in total. The minimum Gasteiger partial charge on any atom is -0.477 e. The lowest BCUT2D eigenvalue weighted by molar-refractivity contribution is 0.0695. The predicted octanol–water partition coefficient (Wildman–Crippen LogP) is 3.53. The molecule has 1 heterocycles. The second-order valence-corrected chi connectivity index (χ2v) is 4.74. The Balaban J connectivity index is 2.69. The van der Waals surface area contributed by atoms with Crippen LogP contribution in [0.3, 0.4) is 0 Å². The monoisotopic (exact) mass is 259 g/mol. The van der Waals surface area contributed by atoms with Gasteiger partial charge in [-0.3, -0.25) is 0 Å². The molecule has 100 valence electrons. The fourth-order valence-corrected chi connectivity index (χ4v) is 2.19. The van der Waals surface area contributed by atoms with Gasteiger partial charge in [-0.05, 0) is 43.5 Å². The molecule has 4 heteroatoms. The third-order valence-electron chi connectivity index (χ3n) is 3.39. The molecular formula is C15H17NO3. The largest absolute Gasteiger partial charge is 0.477 e. The Labute approximate surface area is 112 Å². The molecule has 2 aromatic rings. The maximum absolute atomic E-state index is 11.4. The van der Waals surface area contributed by atoms with Crippen LogP contribution >= 0.6 is 0 Å². The Morgan fingerprint density at radius 2 is 1.84 bits per heavy atom. The molecule has 1 aromatic heterocycles. The van der Waals surface area contributed by atoms with E-state index in [1.165, 1.54) is 5.56 Å². The van der Waals surface area contributed by atoms with Crippen molar-refractivity contribution in [2.24, 2.45) is 0 Å². The Bertz CT molecular complexity index is 641. The molecule has 19 heavy (non-hydrogen) atoms. The van der Waals surface area contributed by atoms with E-state index in [0.29, 0.717) is 17.9 Å². The number of aromatic nitrogens is 1. The van der Waals surface area contributed by atoms with Crippen LogP contribution in [0, 0.1) is 20.8 Å². The zero-order valence-electron chi connectivity index (χ0n) is 11.6. The molecule has 0 aliphatic rings. The third-order valence-corrected chi connectivity index (χ3v) is 3.39. The first-order valence-electron chi connectivity index (χ1n) is 6.25. The number of nitrogens with zero attached hydrogens (tertiary/aromatic N) is 1. The van der Waals surface area contributed by atoms with Crippen LogP contribution in [0.25, 0.3) is 11.3 Å². The van der Waals surface area contributed by atoms with Crippen LogP contribution in [-0.4, -0.2) is 16.2 Å². The molecule has 1 N–H and O–H groups in total. The standard InChI is InChI=1S/C15H17NO3/c1-5-12-13(15(17)18)14(16-19-12)11-7-9(3)8(2)6-10(11)4/h6-7H,5H2,1-4H3,(H,17,18). The third kappa shape index (κ3) is 2.26. The normalized spacial score (nSPS) is 10.7.